The predicted octanol–water partition coefficient (Wildman–Crippen LogP) is -0.423. The Morgan fingerprint density at radius 2 is 1.18 bits per heavy atom. The summed E-state index contributed by atoms with van der Waals surface area (Å²) in [7, 11) is 0. The van der Waals surface area contributed by atoms with E-state index in [1.807, 2.05) is 0 Å². The van der Waals surface area contributed by atoms with Crippen LogP contribution in [0.5, 0.6) is 11.5 Å². The van der Waals surface area contributed by atoms with E-state index >= 15 is 0 Å². The number of carboxylic acids is 2. The van der Waals surface area contributed by atoms with Gasteiger partial charge in [0.25, 0.3) is 0 Å². The molecule has 6 nitrogen and oxygen atoms in total. The van der Waals surface area contributed by atoms with E-state index in [4.69, 9.17) is 5.11 Å². The second-order valence-electron chi connectivity index (χ2n) is 3.58. The summed E-state index contributed by atoms with van der Waals surface area (Å²) in [6.45, 7) is 0. The summed E-state index contributed by atoms with van der Waals surface area (Å²) in [5.41, 5.74) is -0.468. The van der Waals surface area contributed by atoms with Crippen molar-refractivity contribution in [3.05, 3.63) is 59.7 Å². The van der Waals surface area contributed by atoms with Gasteiger partial charge in [0.2, 0.25) is 0 Å². The van der Waals surface area contributed by atoms with E-state index in [9.17, 15) is 24.9 Å². The van der Waals surface area contributed by atoms with E-state index in [-0.39, 0.29) is 45.3 Å². The third-order valence-electron chi connectivity index (χ3n) is 2.22. The maximum absolute atomic E-state index is 10.7. The topological polar surface area (TPSA) is 124 Å². The Morgan fingerprint density at radius 3 is 1.41 bits per heavy atom. The Labute approximate surface area is 147 Å². The van der Waals surface area contributed by atoms with Crippen LogP contribution in [0.4, 0.5) is 0 Å². The van der Waals surface area contributed by atoms with Crippen LogP contribution in [0.1, 0.15) is 20.7 Å². The summed E-state index contributed by atoms with van der Waals surface area (Å²) < 4.78 is 0. The summed E-state index contributed by atoms with van der Waals surface area (Å²) in [6, 6.07) is 10.9. The molecule has 22 heavy (non-hydrogen) atoms. The number of carboxylic acid groups (broad SMARTS) is 2. The first-order valence-corrected chi connectivity index (χ1v) is 5.40. The fraction of sp³-hybridized carbons (Fsp3) is 0. The zero-order valence-corrected chi connectivity index (χ0v) is 12.6. The molecule has 0 aliphatic heterocycles. The molecular formula is C14H9Cu2O6. The molecule has 0 spiro atoms. The van der Waals surface area contributed by atoms with Crippen molar-refractivity contribution >= 4 is 11.9 Å². The Kier molecular flexibility index (Phi) is 10.9. The molecule has 0 bridgehead atoms. The molecule has 0 unspecified atom stereocenters. The van der Waals surface area contributed by atoms with Crippen LogP contribution in [-0.4, -0.2) is 17.0 Å². The average Bonchev–Trinajstić information content (AvgIpc) is 2.40. The zero-order valence-electron chi connectivity index (χ0n) is 10.7. The smallest absolute Gasteiger partial charge is 0.872 e. The van der Waals surface area contributed by atoms with Crippen molar-refractivity contribution in [2.24, 2.45) is 0 Å². The minimum Gasteiger partial charge on any atom is -0.872 e. The normalized spacial score (nSPS) is 8.36. The number of hydrogen-bond donors (Lipinski definition) is 1. The van der Waals surface area contributed by atoms with Crippen molar-refractivity contribution in [3.8, 4) is 11.5 Å². The van der Waals surface area contributed by atoms with Crippen LogP contribution < -0.4 is 15.3 Å². The van der Waals surface area contributed by atoms with Gasteiger partial charge in [0.05, 0.1) is 11.5 Å². The van der Waals surface area contributed by atoms with E-state index in [0.29, 0.717) is 0 Å². The Morgan fingerprint density at radius 1 is 0.818 bits per heavy atom. The van der Waals surface area contributed by atoms with Crippen LogP contribution in [0, 0.1) is 0 Å². The van der Waals surface area contributed by atoms with Crippen LogP contribution in [-0.2, 0) is 34.1 Å². The van der Waals surface area contributed by atoms with Crippen molar-refractivity contribution in [1.82, 2.24) is 0 Å². The SMILES string of the molecule is O=C(O)c1ccccc1[O-].O=C([O-])c1ccccc1[O-].[Cu+2].[Cu+]. The van der Waals surface area contributed by atoms with Crippen molar-refractivity contribution in [3.63, 3.8) is 0 Å². The van der Waals surface area contributed by atoms with Gasteiger partial charge >= 0.3 is 40.1 Å². The molecule has 0 atom stereocenters. The summed E-state index contributed by atoms with van der Waals surface area (Å²) in [5.74, 6) is -3.56. The molecule has 0 heterocycles. The van der Waals surface area contributed by atoms with Gasteiger partial charge in [-0.1, -0.05) is 54.0 Å². The fourth-order valence-electron chi connectivity index (χ4n) is 1.28. The quantitative estimate of drug-likeness (QED) is 0.683. The molecule has 0 aromatic heterocycles. The van der Waals surface area contributed by atoms with Crippen LogP contribution in [0.2, 0.25) is 0 Å². The first-order chi connectivity index (χ1) is 9.43. The largest absolute Gasteiger partial charge is 2.00 e. The van der Waals surface area contributed by atoms with Gasteiger partial charge in [-0.25, -0.2) is 4.79 Å². The number of para-hydroxylation sites is 2. The monoisotopic (exact) mass is 399 g/mol. The maximum atomic E-state index is 10.7. The summed E-state index contributed by atoms with van der Waals surface area (Å²) in [6.07, 6.45) is 0. The van der Waals surface area contributed by atoms with Gasteiger partial charge in [0.15, 0.2) is 0 Å². The first-order valence-electron chi connectivity index (χ1n) is 5.40. The van der Waals surface area contributed by atoms with Gasteiger partial charge in [-0.15, -0.1) is 0 Å². The number of carbonyl (C=O) groups excluding carboxylic acids is 1. The fourth-order valence-corrected chi connectivity index (χ4v) is 1.28. The van der Waals surface area contributed by atoms with Crippen LogP contribution in [0.15, 0.2) is 48.5 Å². The molecule has 0 aliphatic rings. The van der Waals surface area contributed by atoms with E-state index in [1.165, 1.54) is 48.5 Å². The van der Waals surface area contributed by atoms with Crippen LogP contribution in [0.3, 0.4) is 0 Å². The third kappa shape index (κ3) is 6.65. The maximum Gasteiger partial charge on any atom is 2.00 e. The molecule has 123 valence electrons. The number of rotatable bonds is 2. The Hall–Kier alpha value is -1.98. The molecule has 1 radical (unpaired) electrons. The molecule has 0 saturated heterocycles. The molecule has 0 amide bonds. The number of benzene rings is 2. The Balaban J connectivity index is 0. The molecule has 8 heteroatoms. The van der Waals surface area contributed by atoms with Gasteiger partial charge in [-0.05, 0) is 11.6 Å². The zero-order chi connectivity index (χ0) is 15.1. The van der Waals surface area contributed by atoms with Gasteiger partial charge in [0.1, 0.15) is 0 Å². The van der Waals surface area contributed by atoms with Crippen LogP contribution >= 0.6 is 0 Å². The second-order valence-corrected chi connectivity index (χ2v) is 3.58. The second kappa shape index (κ2) is 10.7. The van der Waals surface area contributed by atoms with E-state index < -0.39 is 23.4 Å². The molecule has 0 saturated carbocycles. The van der Waals surface area contributed by atoms with Gasteiger partial charge in [0, 0.05) is 0 Å². The van der Waals surface area contributed by atoms with E-state index in [0.717, 1.165) is 0 Å². The van der Waals surface area contributed by atoms with Crippen molar-refractivity contribution < 1.29 is 64.2 Å². The minimum atomic E-state index is -1.43. The number of carbonyl (C=O) groups is 2. The van der Waals surface area contributed by atoms with E-state index in [2.05, 4.69) is 0 Å². The summed E-state index contributed by atoms with van der Waals surface area (Å²) >= 11 is 0. The van der Waals surface area contributed by atoms with E-state index in [1.54, 1.807) is 0 Å². The van der Waals surface area contributed by atoms with Crippen molar-refractivity contribution in [1.29, 1.82) is 0 Å². The molecule has 0 fully saturated rings. The van der Waals surface area contributed by atoms with Gasteiger partial charge in [-0.3, -0.25) is 0 Å². The molecule has 1 N–H and O–H groups in total. The summed E-state index contributed by atoms with van der Waals surface area (Å²) in [4.78, 5) is 20.3. The number of hydrogen-bond acceptors (Lipinski definition) is 5. The van der Waals surface area contributed by atoms with Crippen LogP contribution in [0.25, 0.3) is 0 Å². The van der Waals surface area contributed by atoms with Crippen molar-refractivity contribution in [2.75, 3.05) is 0 Å². The molecule has 0 aliphatic carbocycles. The van der Waals surface area contributed by atoms with Gasteiger partial charge < -0.3 is 25.2 Å². The van der Waals surface area contributed by atoms with Crippen molar-refractivity contribution in [2.45, 2.75) is 0 Å². The first kappa shape index (κ1) is 22.3. The molecular weight excluding hydrogens is 391 g/mol. The molecule has 2 rings (SSSR count). The Bertz CT molecular complexity index is 575. The minimum absolute atomic E-state index is 0. The molecule has 2 aromatic rings. The standard InChI is InChI=1S/2C7H6O3.2Cu/c2*8-6-4-2-1-3-5(6)7(9)10;;/h2*1-4,8H,(H,9,10);;/q;;+1;+2/p-3. The average molecular weight is 400 g/mol. The van der Waals surface area contributed by atoms with Gasteiger partial charge in [-0.2, -0.15) is 0 Å². The predicted molar refractivity (Wildman–Crippen MR) is 63.1 cm³/mol. The summed E-state index contributed by atoms with van der Waals surface area (Å²) in [5, 5.41) is 39.8. The number of aromatic carboxylic acids is 2. The molecule has 2 aromatic carbocycles. The third-order valence-corrected chi connectivity index (χ3v) is 2.22.